The Labute approximate surface area is 292 Å². The van der Waals surface area contributed by atoms with Crippen molar-refractivity contribution in [2.45, 2.75) is 96.3 Å². The fourth-order valence-corrected chi connectivity index (χ4v) is 8.37. The molecule has 2 aliphatic carbocycles. The summed E-state index contributed by atoms with van der Waals surface area (Å²) < 4.78 is 10.7. The minimum atomic E-state index is -0.659. The van der Waals surface area contributed by atoms with Crippen molar-refractivity contribution < 1.29 is 29.3 Å². The quantitative estimate of drug-likeness (QED) is 0.0899. The second-order valence-corrected chi connectivity index (χ2v) is 14.7. The maximum atomic E-state index is 12.2. The Balaban J connectivity index is 1.19. The molecule has 2 N–H and O–H groups in total. The van der Waals surface area contributed by atoms with E-state index in [2.05, 4.69) is 62.5 Å². The largest absolute Gasteiger partial charge is 0.462 e. The molecule has 0 heterocycles. The molecule has 0 bridgehead atoms. The summed E-state index contributed by atoms with van der Waals surface area (Å²) in [5, 5.41) is 23.1. The van der Waals surface area contributed by atoms with Gasteiger partial charge in [0.1, 0.15) is 0 Å². The third kappa shape index (κ3) is 9.82. The maximum absolute atomic E-state index is 12.2. The van der Waals surface area contributed by atoms with Crippen LogP contribution in [0.5, 0.6) is 0 Å². The molecule has 2 saturated carbocycles. The molecule has 0 aromatic heterocycles. The van der Waals surface area contributed by atoms with Gasteiger partial charge in [-0.1, -0.05) is 107 Å². The van der Waals surface area contributed by atoms with Gasteiger partial charge < -0.3 is 19.7 Å². The van der Waals surface area contributed by atoms with E-state index in [1.165, 1.54) is 87.0 Å². The number of ether oxygens (including phenoxy) is 2. The van der Waals surface area contributed by atoms with Gasteiger partial charge in [-0.05, 0) is 101 Å². The van der Waals surface area contributed by atoms with Crippen LogP contribution in [0.1, 0.15) is 101 Å². The lowest BCUT2D eigenvalue weighted by atomic mass is 9.68. The first-order chi connectivity index (χ1) is 23.8. The van der Waals surface area contributed by atoms with Crippen molar-refractivity contribution >= 4 is 33.5 Å². The van der Waals surface area contributed by atoms with E-state index >= 15 is 0 Å². The van der Waals surface area contributed by atoms with Crippen LogP contribution in [0.4, 0.5) is 0 Å². The van der Waals surface area contributed by atoms with Crippen molar-refractivity contribution in [2.75, 3.05) is 26.4 Å². The number of hydrogen-bond donors (Lipinski definition) is 2. The van der Waals surface area contributed by atoms with Gasteiger partial charge in [-0.25, -0.2) is 9.59 Å². The van der Waals surface area contributed by atoms with Crippen LogP contribution in [0.25, 0.3) is 21.5 Å². The van der Waals surface area contributed by atoms with Gasteiger partial charge in [0.25, 0.3) is 0 Å². The van der Waals surface area contributed by atoms with E-state index in [1.54, 1.807) is 0 Å². The molecule has 0 radical (unpaired) electrons. The highest BCUT2D eigenvalue weighted by atomic mass is 16.5. The minimum Gasteiger partial charge on any atom is -0.462 e. The van der Waals surface area contributed by atoms with E-state index in [1.807, 2.05) is 6.07 Å². The molecular weight excluding hydrogens is 612 g/mol. The number of fused-ring (bicyclic) bond motifs is 3. The van der Waals surface area contributed by atoms with E-state index in [9.17, 15) is 14.7 Å². The molecule has 2 fully saturated rings. The highest BCUT2D eigenvalue weighted by Crippen LogP contribution is 2.43. The molecule has 0 amide bonds. The molecule has 2 aliphatic rings. The summed E-state index contributed by atoms with van der Waals surface area (Å²) >= 11 is 0. The smallest absolute Gasteiger partial charge is 0.335 e. The van der Waals surface area contributed by atoms with Crippen LogP contribution in [0.3, 0.4) is 0 Å². The standard InChI is InChI=1S/C43H56O6/c1-4-5-31-8-13-34(14-9-31)35-15-10-32(11-16-35)6-7-33-12-20-40-37(24-33)17-18-38-25-36(19-21-41(38)40)39(28-49-43(47)30(3)27-45)22-23-48-42(46)29(2)26-44/h12,17-21,24-25,31-32,34-35,39,44-45H,2-11,13-16,22-23,26-28H2,1H3. The van der Waals surface area contributed by atoms with E-state index in [0.29, 0.717) is 6.42 Å². The number of carbonyl (C=O) groups is 2. The normalized spacial score (nSPS) is 21.7. The number of aliphatic hydroxyl groups is 2. The Kier molecular flexibility index (Phi) is 13.5. The van der Waals surface area contributed by atoms with Gasteiger partial charge >= 0.3 is 11.9 Å². The third-order valence-electron chi connectivity index (χ3n) is 11.5. The number of carbonyl (C=O) groups excluding carboxylic acids is 2. The van der Waals surface area contributed by atoms with Crippen molar-refractivity contribution in [2.24, 2.45) is 23.7 Å². The number of aryl methyl sites for hydroxylation is 1. The summed E-state index contributed by atoms with van der Waals surface area (Å²) in [4.78, 5) is 24.2. The maximum Gasteiger partial charge on any atom is 0.335 e. The molecule has 264 valence electrons. The van der Waals surface area contributed by atoms with Crippen molar-refractivity contribution in [1.82, 2.24) is 0 Å². The molecule has 6 nitrogen and oxygen atoms in total. The molecule has 5 rings (SSSR count). The number of rotatable bonds is 16. The first-order valence-corrected chi connectivity index (χ1v) is 18.7. The second-order valence-electron chi connectivity index (χ2n) is 14.7. The van der Waals surface area contributed by atoms with Crippen molar-refractivity contribution in [1.29, 1.82) is 0 Å². The minimum absolute atomic E-state index is 0.0136. The molecule has 1 atom stereocenters. The van der Waals surface area contributed by atoms with Crippen LogP contribution in [-0.2, 0) is 25.5 Å². The topological polar surface area (TPSA) is 93.1 Å². The Hall–Kier alpha value is -3.48. The van der Waals surface area contributed by atoms with Crippen LogP contribution in [0.2, 0.25) is 0 Å². The first-order valence-electron chi connectivity index (χ1n) is 18.7. The SMILES string of the molecule is C=C(CO)C(=O)OCCC(COC(=O)C(=C)CO)c1ccc2c(ccc3cc(CCC4CCC(C5CCC(CCC)CC5)CC4)ccc32)c1. The molecular formula is C43H56O6. The Morgan fingerprint density at radius 3 is 1.88 bits per heavy atom. The fraction of sp³-hybridized carbons (Fsp3) is 0.535. The molecule has 0 spiro atoms. The van der Waals surface area contributed by atoms with E-state index in [0.717, 1.165) is 46.4 Å². The zero-order chi connectivity index (χ0) is 34.8. The fourth-order valence-electron chi connectivity index (χ4n) is 8.37. The van der Waals surface area contributed by atoms with E-state index in [4.69, 9.17) is 14.6 Å². The van der Waals surface area contributed by atoms with Gasteiger partial charge in [0.2, 0.25) is 0 Å². The molecule has 49 heavy (non-hydrogen) atoms. The van der Waals surface area contributed by atoms with Gasteiger partial charge in [0.15, 0.2) is 0 Å². The predicted octanol–water partition coefficient (Wildman–Crippen LogP) is 9.00. The predicted molar refractivity (Wildman–Crippen MR) is 197 cm³/mol. The van der Waals surface area contributed by atoms with Gasteiger partial charge in [-0.3, -0.25) is 0 Å². The summed E-state index contributed by atoms with van der Waals surface area (Å²) in [6, 6.07) is 17.5. The summed E-state index contributed by atoms with van der Waals surface area (Å²) in [6.07, 6.45) is 17.1. The van der Waals surface area contributed by atoms with Crippen LogP contribution >= 0.6 is 0 Å². The van der Waals surface area contributed by atoms with Gasteiger partial charge in [0, 0.05) is 5.92 Å². The molecule has 1 unspecified atom stereocenters. The van der Waals surface area contributed by atoms with Crippen molar-refractivity contribution in [3.05, 3.63) is 84.0 Å². The zero-order valence-electron chi connectivity index (χ0n) is 29.5. The summed E-state index contributed by atoms with van der Waals surface area (Å²) in [7, 11) is 0. The summed E-state index contributed by atoms with van der Waals surface area (Å²) in [6.45, 7) is 8.56. The zero-order valence-corrected chi connectivity index (χ0v) is 29.5. The van der Waals surface area contributed by atoms with Crippen LogP contribution in [0, 0.1) is 23.7 Å². The Morgan fingerprint density at radius 1 is 0.735 bits per heavy atom. The average Bonchev–Trinajstić information content (AvgIpc) is 3.14. The lowest BCUT2D eigenvalue weighted by Crippen LogP contribution is -2.26. The monoisotopic (exact) mass is 668 g/mol. The molecule has 6 heteroatoms. The second kappa shape index (κ2) is 18.0. The Bertz CT molecular complexity index is 1590. The van der Waals surface area contributed by atoms with Gasteiger partial charge in [-0.2, -0.15) is 0 Å². The summed E-state index contributed by atoms with van der Waals surface area (Å²) in [5.41, 5.74) is 2.32. The average molecular weight is 669 g/mol. The Morgan fingerprint density at radius 2 is 1.29 bits per heavy atom. The number of benzene rings is 3. The number of aliphatic hydroxyl groups excluding tert-OH is 2. The van der Waals surface area contributed by atoms with Crippen molar-refractivity contribution in [3.63, 3.8) is 0 Å². The van der Waals surface area contributed by atoms with Crippen LogP contribution in [-0.4, -0.2) is 48.6 Å². The lowest BCUT2D eigenvalue weighted by molar-refractivity contribution is -0.142. The summed E-state index contributed by atoms with van der Waals surface area (Å²) in [5.74, 6) is 2.24. The third-order valence-corrected chi connectivity index (χ3v) is 11.5. The van der Waals surface area contributed by atoms with Crippen molar-refractivity contribution in [3.8, 4) is 0 Å². The lowest BCUT2D eigenvalue weighted by Gasteiger charge is -2.38. The highest BCUT2D eigenvalue weighted by molar-refractivity contribution is 6.07. The number of hydrogen-bond acceptors (Lipinski definition) is 6. The van der Waals surface area contributed by atoms with Gasteiger partial charge in [-0.15, -0.1) is 0 Å². The van der Waals surface area contributed by atoms with Crippen LogP contribution in [0.15, 0.2) is 72.8 Å². The molecule has 0 saturated heterocycles. The van der Waals surface area contributed by atoms with E-state index in [-0.39, 0.29) is 30.3 Å². The van der Waals surface area contributed by atoms with E-state index < -0.39 is 25.2 Å². The highest BCUT2D eigenvalue weighted by Gasteiger charge is 2.30. The van der Waals surface area contributed by atoms with Gasteiger partial charge in [0.05, 0.1) is 37.6 Å². The van der Waals surface area contributed by atoms with Crippen LogP contribution < -0.4 is 0 Å². The molecule has 0 aliphatic heterocycles. The molecule has 3 aromatic carbocycles. The molecule has 3 aromatic rings. The first kappa shape index (κ1) is 36.8. The number of esters is 2.